The second-order valence-electron chi connectivity index (χ2n) is 3.18. The van der Waals surface area contributed by atoms with E-state index >= 15 is 0 Å². The van der Waals surface area contributed by atoms with Crippen molar-refractivity contribution in [3.05, 3.63) is 28.3 Å². The zero-order valence-corrected chi connectivity index (χ0v) is 8.95. The van der Waals surface area contributed by atoms with Crippen LogP contribution in [0.4, 0.5) is 0 Å². The molecule has 0 spiro atoms. The number of carbonyl (C=O) groups is 1. The van der Waals surface area contributed by atoms with E-state index in [-0.39, 0.29) is 16.3 Å². The summed E-state index contributed by atoms with van der Waals surface area (Å²) in [5, 5.41) is 18.4. The minimum atomic E-state index is -1.26. The monoisotopic (exact) mass is 229 g/mol. The van der Waals surface area contributed by atoms with Crippen molar-refractivity contribution in [3.8, 4) is 5.75 Å². The molecule has 0 aliphatic rings. The van der Waals surface area contributed by atoms with Crippen LogP contribution in [0.2, 0.25) is 5.02 Å². The molecule has 4 N–H and O–H groups in total. The molecule has 0 amide bonds. The first-order valence-corrected chi connectivity index (χ1v) is 4.84. The third kappa shape index (κ3) is 2.40. The molecule has 0 aromatic heterocycles. The first kappa shape index (κ1) is 11.8. The molecular formula is C10H12ClNO3. The number of nitrogens with two attached hydrogens (primary N) is 1. The standard InChI is InChI=1S/C10H12ClNO3/c1-2-5-3-6(8(12)10(14)15)9(13)7(11)4-5/h3-4,8,13H,2,12H2,1H3,(H,14,15). The number of aryl methyl sites for hydroxylation is 1. The summed E-state index contributed by atoms with van der Waals surface area (Å²) in [5.74, 6) is -1.46. The predicted molar refractivity (Wildman–Crippen MR) is 57.1 cm³/mol. The summed E-state index contributed by atoms with van der Waals surface area (Å²) >= 11 is 5.75. The van der Waals surface area contributed by atoms with Crippen molar-refractivity contribution in [2.24, 2.45) is 5.73 Å². The summed E-state index contributed by atoms with van der Waals surface area (Å²) in [6.45, 7) is 1.90. The minimum absolute atomic E-state index is 0.126. The number of carboxylic acid groups (broad SMARTS) is 1. The maximum atomic E-state index is 10.7. The van der Waals surface area contributed by atoms with Gasteiger partial charge in [0.25, 0.3) is 0 Å². The number of rotatable bonds is 3. The largest absolute Gasteiger partial charge is 0.506 e. The number of halogens is 1. The van der Waals surface area contributed by atoms with Crippen molar-refractivity contribution in [1.29, 1.82) is 0 Å². The van der Waals surface area contributed by atoms with Crippen molar-refractivity contribution in [2.75, 3.05) is 0 Å². The van der Waals surface area contributed by atoms with Crippen molar-refractivity contribution >= 4 is 17.6 Å². The van der Waals surface area contributed by atoms with Gasteiger partial charge in [0, 0.05) is 5.56 Å². The molecule has 0 radical (unpaired) electrons. The Bertz CT molecular complexity index is 392. The Morgan fingerprint density at radius 2 is 2.20 bits per heavy atom. The summed E-state index contributed by atoms with van der Waals surface area (Å²) in [4.78, 5) is 10.7. The van der Waals surface area contributed by atoms with Gasteiger partial charge in [-0.25, -0.2) is 0 Å². The molecule has 82 valence electrons. The van der Waals surface area contributed by atoms with E-state index in [2.05, 4.69) is 0 Å². The van der Waals surface area contributed by atoms with Crippen LogP contribution in [0, 0.1) is 0 Å². The number of phenols is 1. The predicted octanol–water partition coefficient (Wildman–Crippen LogP) is 1.69. The smallest absolute Gasteiger partial charge is 0.325 e. The normalized spacial score (nSPS) is 12.5. The second kappa shape index (κ2) is 4.51. The number of benzene rings is 1. The van der Waals surface area contributed by atoms with Crippen LogP contribution >= 0.6 is 11.6 Å². The molecule has 0 saturated heterocycles. The summed E-state index contributed by atoms with van der Waals surface area (Å²) < 4.78 is 0. The second-order valence-corrected chi connectivity index (χ2v) is 3.59. The number of aliphatic carboxylic acids is 1. The highest BCUT2D eigenvalue weighted by molar-refractivity contribution is 6.32. The van der Waals surface area contributed by atoms with E-state index in [0.717, 1.165) is 5.56 Å². The average molecular weight is 230 g/mol. The van der Waals surface area contributed by atoms with Crippen LogP contribution in [0.3, 0.4) is 0 Å². The van der Waals surface area contributed by atoms with Crippen LogP contribution in [0.25, 0.3) is 0 Å². The van der Waals surface area contributed by atoms with Crippen LogP contribution in [-0.2, 0) is 11.2 Å². The van der Waals surface area contributed by atoms with E-state index < -0.39 is 12.0 Å². The molecule has 15 heavy (non-hydrogen) atoms. The highest BCUT2D eigenvalue weighted by Crippen LogP contribution is 2.32. The Kier molecular flexibility index (Phi) is 3.55. The fourth-order valence-corrected chi connectivity index (χ4v) is 1.50. The van der Waals surface area contributed by atoms with Crippen LogP contribution < -0.4 is 5.73 Å². The summed E-state index contributed by atoms with van der Waals surface area (Å²) in [6, 6.07) is 1.89. The number of hydrogen-bond acceptors (Lipinski definition) is 3. The van der Waals surface area contributed by atoms with E-state index in [1.54, 1.807) is 12.1 Å². The molecule has 0 fully saturated rings. The Hall–Kier alpha value is -1.26. The maximum absolute atomic E-state index is 10.7. The highest BCUT2D eigenvalue weighted by atomic mass is 35.5. The lowest BCUT2D eigenvalue weighted by Crippen LogP contribution is -2.21. The fraction of sp³-hybridized carbons (Fsp3) is 0.300. The Morgan fingerprint density at radius 1 is 1.60 bits per heavy atom. The van der Waals surface area contributed by atoms with Gasteiger partial charge in [-0.3, -0.25) is 4.79 Å². The van der Waals surface area contributed by atoms with E-state index in [1.807, 2.05) is 6.92 Å². The molecular weight excluding hydrogens is 218 g/mol. The van der Waals surface area contributed by atoms with Gasteiger partial charge in [0.2, 0.25) is 0 Å². The average Bonchev–Trinajstić information content (AvgIpc) is 2.20. The number of phenolic OH excluding ortho intramolecular Hbond substituents is 1. The lowest BCUT2D eigenvalue weighted by atomic mass is 10.0. The van der Waals surface area contributed by atoms with Crippen LogP contribution in [0.15, 0.2) is 12.1 Å². The molecule has 0 heterocycles. The molecule has 5 heteroatoms. The lowest BCUT2D eigenvalue weighted by Gasteiger charge is -2.12. The van der Waals surface area contributed by atoms with E-state index in [0.29, 0.717) is 6.42 Å². The summed E-state index contributed by atoms with van der Waals surface area (Å²) in [5.41, 5.74) is 6.40. The van der Waals surface area contributed by atoms with Gasteiger partial charge in [-0.1, -0.05) is 18.5 Å². The van der Waals surface area contributed by atoms with Gasteiger partial charge in [0.15, 0.2) is 0 Å². The Balaban J connectivity index is 3.27. The molecule has 1 rings (SSSR count). The van der Waals surface area contributed by atoms with Crippen molar-refractivity contribution < 1.29 is 15.0 Å². The van der Waals surface area contributed by atoms with Gasteiger partial charge in [0.1, 0.15) is 11.8 Å². The lowest BCUT2D eigenvalue weighted by molar-refractivity contribution is -0.138. The number of hydrogen-bond donors (Lipinski definition) is 3. The fourth-order valence-electron chi connectivity index (χ4n) is 1.25. The molecule has 0 aliphatic heterocycles. The van der Waals surface area contributed by atoms with Gasteiger partial charge < -0.3 is 15.9 Å². The molecule has 0 aliphatic carbocycles. The molecule has 1 unspecified atom stereocenters. The van der Waals surface area contributed by atoms with Crippen LogP contribution in [0.1, 0.15) is 24.1 Å². The third-order valence-electron chi connectivity index (χ3n) is 2.16. The van der Waals surface area contributed by atoms with Crippen molar-refractivity contribution in [1.82, 2.24) is 0 Å². The van der Waals surface area contributed by atoms with Gasteiger partial charge in [0.05, 0.1) is 5.02 Å². The van der Waals surface area contributed by atoms with Gasteiger partial charge in [-0.05, 0) is 24.1 Å². The van der Waals surface area contributed by atoms with Gasteiger partial charge in [-0.2, -0.15) is 0 Å². The third-order valence-corrected chi connectivity index (χ3v) is 2.45. The van der Waals surface area contributed by atoms with Crippen molar-refractivity contribution in [2.45, 2.75) is 19.4 Å². The molecule has 0 saturated carbocycles. The topological polar surface area (TPSA) is 83.5 Å². The van der Waals surface area contributed by atoms with Gasteiger partial charge in [-0.15, -0.1) is 0 Å². The van der Waals surface area contributed by atoms with E-state index in [9.17, 15) is 9.90 Å². The molecule has 1 aromatic carbocycles. The first-order chi connectivity index (χ1) is 6.97. The minimum Gasteiger partial charge on any atom is -0.506 e. The molecule has 1 aromatic rings. The molecule has 0 bridgehead atoms. The van der Waals surface area contributed by atoms with E-state index in [4.69, 9.17) is 22.4 Å². The maximum Gasteiger partial charge on any atom is 0.325 e. The van der Waals surface area contributed by atoms with Crippen molar-refractivity contribution in [3.63, 3.8) is 0 Å². The van der Waals surface area contributed by atoms with E-state index in [1.165, 1.54) is 0 Å². The van der Waals surface area contributed by atoms with Crippen LogP contribution in [-0.4, -0.2) is 16.2 Å². The SMILES string of the molecule is CCc1cc(Cl)c(O)c(C(N)C(=O)O)c1. The zero-order chi connectivity index (χ0) is 11.6. The summed E-state index contributed by atoms with van der Waals surface area (Å²) in [7, 11) is 0. The molecule has 1 atom stereocenters. The van der Waals surface area contributed by atoms with Gasteiger partial charge >= 0.3 is 5.97 Å². The number of aromatic hydroxyl groups is 1. The quantitative estimate of drug-likeness (QED) is 0.737. The van der Waals surface area contributed by atoms with Crippen LogP contribution in [0.5, 0.6) is 5.75 Å². The number of carboxylic acids is 1. The zero-order valence-electron chi connectivity index (χ0n) is 8.20. The Labute approximate surface area is 92.3 Å². The summed E-state index contributed by atoms with van der Waals surface area (Å²) in [6.07, 6.45) is 0.694. The first-order valence-electron chi connectivity index (χ1n) is 4.47. The Morgan fingerprint density at radius 3 is 2.67 bits per heavy atom. The highest BCUT2D eigenvalue weighted by Gasteiger charge is 2.20. The molecule has 4 nitrogen and oxygen atoms in total.